The third-order valence-corrected chi connectivity index (χ3v) is 10.2. The fourth-order valence-corrected chi connectivity index (χ4v) is 8.72. The molecule has 2 N–H and O–H groups in total. The average Bonchev–Trinajstić information content (AvgIpc) is 2.98. The predicted octanol–water partition coefficient (Wildman–Crippen LogP) is 3.14. The molecule has 0 aromatic rings. The van der Waals surface area contributed by atoms with E-state index in [0.29, 0.717) is 41.9 Å². The quantitative estimate of drug-likeness (QED) is 0.771. The zero-order valence-corrected chi connectivity index (χ0v) is 17.9. The van der Waals surface area contributed by atoms with Crippen LogP contribution in [0, 0.1) is 46.3 Å². The second-order valence-corrected chi connectivity index (χ2v) is 11.3. The predicted molar refractivity (Wildman–Crippen MR) is 106 cm³/mol. The Hall–Kier alpha value is -0.610. The molecule has 10 atom stereocenters. The van der Waals surface area contributed by atoms with Crippen LogP contribution in [0.3, 0.4) is 0 Å². The monoisotopic (exact) mass is 391 g/mol. The molecule has 0 amide bonds. The highest BCUT2D eigenvalue weighted by atomic mass is 16.4. The minimum absolute atomic E-state index is 0.162. The molecular weight excluding hydrogens is 352 g/mol. The fourth-order valence-electron chi connectivity index (χ4n) is 8.72. The van der Waals surface area contributed by atoms with Crippen LogP contribution in [-0.2, 0) is 4.79 Å². The highest BCUT2D eigenvalue weighted by molar-refractivity contribution is 5.64. The van der Waals surface area contributed by atoms with Crippen LogP contribution in [0.5, 0.6) is 0 Å². The van der Waals surface area contributed by atoms with Gasteiger partial charge in [-0.2, -0.15) is 0 Å². The second kappa shape index (κ2) is 7.27. The third-order valence-electron chi connectivity index (χ3n) is 10.2. The standard InChI is InChI=1S/C24H40O4/c1-14(4-7-21(27)28)17-5-6-18-22-19(9-11-24(17,18)3)23(2)10-8-16(25)12-15(23)13-20(22)26/h14-20,22,25-26H,4-13H2,1-3H3,(H,27,28)/p-1/t14-,15+,16-,17-,18+,19?,20+,22+,23+,24-/m1/s1. The molecule has 4 rings (SSSR count). The summed E-state index contributed by atoms with van der Waals surface area (Å²) in [5.41, 5.74) is 0.494. The normalized spacial score (nSPS) is 51.7. The van der Waals surface area contributed by atoms with Crippen molar-refractivity contribution in [1.29, 1.82) is 0 Å². The Kier molecular flexibility index (Phi) is 5.36. The zero-order chi connectivity index (χ0) is 20.3. The summed E-state index contributed by atoms with van der Waals surface area (Å²) in [7, 11) is 0. The van der Waals surface area contributed by atoms with Crippen molar-refractivity contribution in [3.63, 3.8) is 0 Å². The molecule has 4 aliphatic rings. The van der Waals surface area contributed by atoms with Crippen molar-refractivity contribution in [1.82, 2.24) is 0 Å². The lowest BCUT2D eigenvalue weighted by Gasteiger charge is -2.62. The van der Waals surface area contributed by atoms with Crippen LogP contribution < -0.4 is 5.11 Å². The van der Waals surface area contributed by atoms with E-state index >= 15 is 0 Å². The molecule has 4 aliphatic carbocycles. The first-order valence-corrected chi connectivity index (χ1v) is 11.7. The minimum Gasteiger partial charge on any atom is -0.550 e. The van der Waals surface area contributed by atoms with Gasteiger partial charge in [-0.05, 0) is 111 Å². The topological polar surface area (TPSA) is 80.6 Å². The molecule has 4 fully saturated rings. The zero-order valence-electron chi connectivity index (χ0n) is 17.9. The van der Waals surface area contributed by atoms with Crippen LogP contribution >= 0.6 is 0 Å². The highest BCUT2D eigenvalue weighted by Gasteiger charge is 2.62. The summed E-state index contributed by atoms with van der Waals surface area (Å²) >= 11 is 0. The van der Waals surface area contributed by atoms with Gasteiger partial charge in [-0.3, -0.25) is 0 Å². The second-order valence-electron chi connectivity index (χ2n) is 11.3. The van der Waals surface area contributed by atoms with Gasteiger partial charge in [-0.25, -0.2) is 0 Å². The SMILES string of the molecule is C[C@H](CCC(=O)[O-])[C@H]1CC[C@H]2[C@H]3C(CC[C@]12C)[C@@]1(C)CC[C@@H](O)C[C@H]1C[C@@H]3O. The molecule has 0 heterocycles. The first-order chi connectivity index (χ1) is 13.2. The van der Waals surface area contributed by atoms with Gasteiger partial charge >= 0.3 is 0 Å². The van der Waals surface area contributed by atoms with Gasteiger partial charge in [0.25, 0.3) is 0 Å². The van der Waals surface area contributed by atoms with Gasteiger partial charge in [-0.15, -0.1) is 0 Å². The summed E-state index contributed by atoms with van der Waals surface area (Å²) in [6.07, 6.45) is 8.91. The lowest BCUT2D eigenvalue weighted by atomic mass is 9.43. The summed E-state index contributed by atoms with van der Waals surface area (Å²) in [6, 6.07) is 0. The number of carbonyl (C=O) groups is 1. The van der Waals surface area contributed by atoms with Crippen molar-refractivity contribution in [2.75, 3.05) is 0 Å². The first-order valence-electron chi connectivity index (χ1n) is 11.7. The molecule has 0 radical (unpaired) electrons. The first kappa shape index (κ1) is 20.7. The molecule has 0 aromatic heterocycles. The lowest BCUT2D eigenvalue weighted by Crippen LogP contribution is -2.58. The van der Waals surface area contributed by atoms with Gasteiger partial charge in [0.15, 0.2) is 0 Å². The molecule has 28 heavy (non-hydrogen) atoms. The molecule has 1 unspecified atom stereocenters. The summed E-state index contributed by atoms with van der Waals surface area (Å²) in [5.74, 6) is 1.99. The maximum atomic E-state index is 11.2. The summed E-state index contributed by atoms with van der Waals surface area (Å²) in [5, 5.41) is 32.4. The van der Waals surface area contributed by atoms with E-state index in [4.69, 9.17) is 0 Å². The number of carboxylic acids is 1. The van der Waals surface area contributed by atoms with Gasteiger partial charge in [0.1, 0.15) is 0 Å². The van der Waals surface area contributed by atoms with E-state index in [1.807, 2.05) is 0 Å². The lowest BCUT2D eigenvalue weighted by molar-refractivity contribution is -0.306. The van der Waals surface area contributed by atoms with Crippen LogP contribution in [0.25, 0.3) is 0 Å². The van der Waals surface area contributed by atoms with Crippen molar-refractivity contribution in [3.8, 4) is 0 Å². The molecule has 0 saturated heterocycles. The van der Waals surface area contributed by atoms with Crippen molar-refractivity contribution in [2.24, 2.45) is 46.3 Å². The number of carbonyl (C=O) groups excluding carboxylic acids is 1. The average molecular weight is 392 g/mol. The van der Waals surface area contributed by atoms with E-state index in [2.05, 4.69) is 20.8 Å². The van der Waals surface area contributed by atoms with Crippen LogP contribution in [0.15, 0.2) is 0 Å². The van der Waals surface area contributed by atoms with E-state index in [0.717, 1.165) is 25.7 Å². The molecule has 4 saturated carbocycles. The van der Waals surface area contributed by atoms with Gasteiger partial charge in [0, 0.05) is 5.97 Å². The van der Waals surface area contributed by atoms with E-state index in [1.54, 1.807) is 0 Å². The number of hydrogen-bond acceptors (Lipinski definition) is 4. The van der Waals surface area contributed by atoms with Crippen molar-refractivity contribution in [2.45, 2.75) is 97.2 Å². The van der Waals surface area contributed by atoms with Gasteiger partial charge in [0.05, 0.1) is 12.2 Å². The Balaban J connectivity index is 1.55. The van der Waals surface area contributed by atoms with E-state index in [1.165, 1.54) is 25.7 Å². The minimum atomic E-state index is -0.934. The van der Waals surface area contributed by atoms with Crippen LogP contribution in [0.1, 0.15) is 85.0 Å². The number of rotatable bonds is 4. The molecule has 4 heteroatoms. The molecule has 0 aromatic carbocycles. The summed E-state index contributed by atoms with van der Waals surface area (Å²) in [4.78, 5) is 10.9. The van der Waals surface area contributed by atoms with Crippen molar-refractivity contribution >= 4 is 5.97 Å². The van der Waals surface area contributed by atoms with Gasteiger partial charge in [0.2, 0.25) is 0 Å². The van der Waals surface area contributed by atoms with Crippen molar-refractivity contribution in [3.05, 3.63) is 0 Å². The molecule has 0 aliphatic heterocycles. The number of carboxylic acid groups (broad SMARTS) is 1. The molecule has 0 spiro atoms. The number of aliphatic carboxylic acids is 1. The number of fused-ring (bicyclic) bond motifs is 5. The molecule has 0 bridgehead atoms. The largest absolute Gasteiger partial charge is 0.550 e. The van der Waals surface area contributed by atoms with E-state index in [-0.39, 0.29) is 29.5 Å². The van der Waals surface area contributed by atoms with Crippen LogP contribution in [0.2, 0.25) is 0 Å². The maximum absolute atomic E-state index is 11.2. The van der Waals surface area contributed by atoms with Crippen molar-refractivity contribution < 1.29 is 20.1 Å². The highest BCUT2D eigenvalue weighted by Crippen LogP contribution is 2.68. The number of aliphatic hydroxyl groups excluding tert-OH is 2. The number of aliphatic hydroxyl groups is 2. The molecule has 4 nitrogen and oxygen atoms in total. The molecule has 160 valence electrons. The van der Waals surface area contributed by atoms with E-state index < -0.39 is 5.97 Å². The third kappa shape index (κ3) is 3.14. The summed E-state index contributed by atoms with van der Waals surface area (Å²) in [6.45, 7) is 7.11. The van der Waals surface area contributed by atoms with Crippen LogP contribution in [-0.4, -0.2) is 28.4 Å². The van der Waals surface area contributed by atoms with Gasteiger partial charge < -0.3 is 20.1 Å². The Labute approximate surface area is 170 Å². The fraction of sp³-hybridized carbons (Fsp3) is 0.958. The van der Waals surface area contributed by atoms with Crippen LogP contribution in [0.4, 0.5) is 0 Å². The maximum Gasteiger partial charge on any atom is 0.0577 e. The molecular formula is C24H39O4-. The summed E-state index contributed by atoms with van der Waals surface area (Å²) < 4.78 is 0. The van der Waals surface area contributed by atoms with Gasteiger partial charge in [-0.1, -0.05) is 20.8 Å². The Bertz CT molecular complexity index is 605. The van der Waals surface area contributed by atoms with E-state index in [9.17, 15) is 20.1 Å². The Morgan fingerprint density at radius 2 is 1.71 bits per heavy atom. The smallest absolute Gasteiger partial charge is 0.0577 e. The number of hydrogen-bond donors (Lipinski definition) is 2. The Morgan fingerprint density at radius 1 is 1.04 bits per heavy atom. The Morgan fingerprint density at radius 3 is 2.43 bits per heavy atom.